The minimum atomic E-state index is -1.29. The van der Waals surface area contributed by atoms with Crippen LogP contribution in [0, 0.1) is 0 Å². The van der Waals surface area contributed by atoms with Crippen LogP contribution in [-0.4, -0.2) is 57.3 Å². The van der Waals surface area contributed by atoms with Crippen LogP contribution >= 0.6 is 0 Å². The molecule has 4 atom stereocenters. The lowest BCUT2D eigenvalue weighted by atomic mass is 10.00. The Morgan fingerprint density at radius 1 is 0.556 bits per heavy atom. The molecule has 0 bridgehead atoms. The Morgan fingerprint density at radius 2 is 1.00 bits per heavy atom. The molecule has 1 amide bonds. The smallest absolute Gasteiger partial charge is 0.249 e. The van der Waals surface area contributed by atoms with E-state index >= 15 is 0 Å². The van der Waals surface area contributed by atoms with Crippen molar-refractivity contribution >= 4 is 5.91 Å². The SMILES string of the molecule is CCCCC/C=C\C=C/CCCCCCCC(O)C(=O)NC(CO)C(O)C(O)CCC/C=C/CC/C=C/CCCCCCCC. The van der Waals surface area contributed by atoms with Crippen molar-refractivity contribution in [1.82, 2.24) is 5.32 Å². The Labute approximate surface area is 277 Å². The average Bonchev–Trinajstić information content (AvgIpc) is 3.04. The van der Waals surface area contributed by atoms with E-state index in [2.05, 4.69) is 67.8 Å². The van der Waals surface area contributed by atoms with Crippen LogP contribution in [0.5, 0.6) is 0 Å². The van der Waals surface area contributed by atoms with Crippen molar-refractivity contribution < 1.29 is 25.2 Å². The van der Waals surface area contributed by atoms with Gasteiger partial charge in [0.1, 0.15) is 12.2 Å². The average molecular weight is 634 g/mol. The van der Waals surface area contributed by atoms with Gasteiger partial charge in [-0.2, -0.15) is 0 Å². The van der Waals surface area contributed by atoms with Crippen LogP contribution in [0.1, 0.15) is 162 Å². The van der Waals surface area contributed by atoms with Crippen molar-refractivity contribution in [3.8, 4) is 0 Å². The van der Waals surface area contributed by atoms with Gasteiger partial charge in [0.15, 0.2) is 0 Å². The van der Waals surface area contributed by atoms with Crippen molar-refractivity contribution in [2.45, 2.75) is 186 Å². The lowest BCUT2D eigenvalue weighted by Gasteiger charge is -2.27. The third kappa shape index (κ3) is 28.2. The van der Waals surface area contributed by atoms with E-state index in [0.29, 0.717) is 19.3 Å². The van der Waals surface area contributed by atoms with E-state index in [1.807, 2.05) is 0 Å². The first kappa shape index (κ1) is 43.3. The summed E-state index contributed by atoms with van der Waals surface area (Å²) in [7, 11) is 0. The normalized spacial score (nSPS) is 15.1. The predicted molar refractivity (Wildman–Crippen MR) is 191 cm³/mol. The molecule has 4 unspecified atom stereocenters. The standard InChI is InChI=1S/C39H71NO5/c1-3-5-7-9-11-13-15-17-19-21-22-24-26-28-30-32-36(42)38(44)35(34-41)40-39(45)37(43)33-31-29-27-25-23-20-18-16-14-12-10-8-6-4-2/h12,14,16-19,24,26,35-38,41-44H,3-11,13,15,20-23,25,27-34H2,1-2H3,(H,40,45)/b14-12-,18-16-,19-17+,26-24+. The quantitative estimate of drug-likeness (QED) is 0.0289. The van der Waals surface area contributed by atoms with Gasteiger partial charge in [-0.3, -0.25) is 4.79 Å². The maximum Gasteiger partial charge on any atom is 0.249 e. The van der Waals surface area contributed by atoms with Gasteiger partial charge in [-0.05, 0) is 77.0 Å². The molecule has 0 aromatic rings. The highest BCUT2D eigenvalue weighted by Crippen LogP contribution is 2.13. The van der Waals surface area contributed by atoms with Gasteiger partial charge in [0, 0.05) is 0 Å². The van der Waals surface area contributed by atoms with Crippen LogP contribution in [0.3, 0.4) is 0 Å². The summed E-state index contributed by atoms with van der Waals surface area (Å²) in [5, 5.41) is 43.4. The van der Waals surface area contributed by atoms with Crippen molar-refractivity contribution in [3.05, 3.63) is 48.6 Å². The first-order chi connectivity index (χ1) is 22.0. The molecule has 262 valence electrons. The molecule has 0 saturated heterocycles. The van der Waals surface area contributed by atoms with E-state index < -0.39 is 36.9 Å². The molecule has 0 saturated carbocycles. The fraction of sp³-hybridized carbons (Fsp3) is 0.769. The number of aliphatic hydroxyl groups is 4. The maximum absolute atomic E-state index is 12.4. The van der Waals surface area contributed by atoms with Gasteiger partial charge >= 0.3 is 0 Å². The molecular formula is C39H71NO5. The summed E-state index contributed by atoms with van der Waals surface area (Å²) in [4.78, 5) is 12.4. The highest BCUT2D eigenvalue weighted by Gasteiger charge is 2.28. The molecule has 0 aliphatic heterocycles. The van der Waals surface area contributed by atoms with Gasteiger partial charge in [-0.15, -0.1) is 0 Å². The lowest BCUT2D eigenvalue weighted by molar-refractivity contribution is -0.132. The molecule has 0 heterocycles. The zero-order chi connectivity index (χ0) is 33.2. The number of amides is 1. The second-order valence-corrected chi connectivity index (χ2v) is 12.6. The van der Waals surface area contributed by atoms with Crippen LogP contribution in [0.25, 0.3) is 0 Å². The van der Waals surface area contributed by atoms with Crippen LogP contribution in [0.4, 0.5) is 0 Å². The number of hydrogen-bond donors (Lipinski definition) is 5. The molecular weight excluding hydrogens is 562 g/mol. The van der Waals surface area contributed by atoms with E-state index in [1.165, 1.54) is 64.2 Å². The number of unbranched alkanes of at least 4 members (excludes halogenated alkanes) is 16. The molecule has 0 aliphatic carbocycles. The summed E-state index contributed by atoms with van der Waals surface area (Å²) < 4.78 is 0. The molecule has 6 nitrogen and oxygen atoms in total. The molecule has 6 heteroatoms. The van der Waals surface area contributed by atoms with Crippen LogP contribution in [-0.2, 0) is 4.79 Å². The number of hydrogen-bond acceptors (Lipinski definition) is 5. The first-order valence-electron chi connectivity index (χ1n) is 18.5. The monoisotopic (exact) mass is 634 g/mol. The van der Waals surface area contributed by atoms with E-state index in [4.69, 9.17) is 0 Å². The van der Waals surface area contributed by atoms with Crippen LogP contribution in [0.2, 0.25) is 0 Å². The predicted octanol–water partition coefficient (Wildman–Crippen LogP) is 8.78. The van der Waals surface area contributed by atoms with Crippen molar-refractivity contribution in [3.63, 3.8) is 0 Å². The molecule has 0 radical (unpaired) electrons. The van der Waals surface area contributed by atoms with Gasteiger partial charge in [-0.1, -0.05) is 133 Å². The molecule has 0 aliphatic rings. The number of allylic oxidation sites excluding steroid dienone is 8. The Morgan fingerprint density at radius 3 is 1.58 bits per heavy atom. The summed E-state index contributed by atoms with van der Waals surface area (Å²) in [5.41, 5.74) is 0. The van der Waals surface area contributed by atoms with Crippen molar-refractivity contribution in [1.29, 1.82) is 0 Å². The zero-order valence-corrected chi connectivity index (χ0v) is 29.1. The molecule has 0 spiro atoms. The van der Waals surface area contributed by atoms with Crippen LogP contribution in [0.15, 0.2) is 48.6 Å². The third-order valence-corrected chi connectivity index (χ3v) is 8.27. The lowest BCUT2D eigenvalue weighted by Crippen LogP contribution is -2.53. The summed E-state index contributed by atoms with van der Waals surface area (Å²) in [6.45, 7) is 3.96. The van der Waals surface area contributed by atoms with Gasteiger partial charge < -0.3 is 25.7 Å². The Kier molecular flexibility index (Phi) is 32.3. The molecule has 0 rings (SSSR count). The summed E-state index contributed by atoms with van der Waals surface area (Å²) in [6, 6.07) is -1.01. The first-order valence-corrected chi connectivity index (χ1v) is 18.5. The highest BCUT2D eigenvalue weighted by atomic mass is 16.3. The minimum Gasteiger partial charge on any atom is -0.394 e. The maximum atomic E-state index is 12.4. The van der Waals surface area contributed by atoms with Gasteiger partial charge in [0.25, 0.3) is 0 Å². The fourth-order valence-corrected chi connectivity index (χ4v) is 5.23. The molecule has 5 N–H and O–H groups in total. The highest BCUT2D eigenvalue weighted by molar-refractivity contribution is 5.80. The topological polar surface area (TPSA) is 110 Å². The van der Waals surface area contributed by atoms with Gasteiger partial charge in [0.2, 0.25) is 5.91 Å². The van der Waals surface area contributed by atoms with Crippen molar-refractivity contribution in [2.75, 3.05) is 6.61 Å². The number of rotatable bonds is 32. The largest absolute Gasteiger partial charge is 0.394 e. The Hall–Kier alpha value is -1.73. The Bertz CT molecular complexity index is 763. The fourth-order valence-electron chi connectivity index (χ4n) is 5.23. The van der Waals surface area contributed by atoms with E-state index in [1.54, 1.807) is 0 Å². The summed E-state index contributed by atoms with van der Waals surface area (Å²) in [6.07, 6.45) is 38.4. The second kappa shape index (κ2) is 33.6. The van der Waals surface area contributed by atoms with Crippen LogP contribution < -0.4 is 5.32 Å². The third-order valence-electron chi connectivity index (χ3n) is 8.27. The number of aliphatic hydroxyl groups excluding tert-OH is 4. The minimum absolute atomic E-state index is 0.340. The number of carbonyl (C=O) groups excluding carboxylic acids is 1. The van der Waals surface area contributed by atoms with Gasteiger partial charge in [-0.25, -0.2) is 0 Å². The number of nitrogens with one attached hydrogen (secondary N) is 1. The second-order valence-electron chi connectivity index (χ2n) is 12.6. The number of carbonyl (C=O) groups is 1. The summed E-state index contributed by atoms with van der Waals surface area (Å²) in [5.74, 6) is -0.614. The molecule has 0 aromatic carbocycles. The zero-order valence-electron chi connectivity index (χ0n) is 29.1. The summed E-state index contributed by atoms with van der Waals surface area (Å²) >= 11 is 0. The van der Waals surface area contributed by atoms with E-state index in [0.717, 1.165) is 64.2 Å². The van der Waals surface area contributed by atoms with E-state index in [9.17, 15) is 25.2 Å². The van der Waals surface area contributed by atoms with Gasteiger partial charge in [0.05, 0.1) is 18.8 Å². The molecule has 45 heavy (non-hydrogen) atoms. The molecule has 0 aromatic heterocycles. The Balaban J connectivity index is 3.95. The van der Waals surface area contributed by atoms with E-state index in [-0.39, 0.29) is 0 Å². The molecule has 0 fully saturated rings. The van der Waals surface area contributed by atoms with Crippen molar-refractivity contribution in [2.24, 2.45) is 0 Å².